The SMILES string of the molecule is CS(=O)(=O)Oc1ccccc1[C@H]1CC(c2csc(C3CCN(C(=O)Cn4nc(C(F)F)cc4C(F)F)CC3)n2)=NO1. The first-order chi connectivity index (χ1) is 19.5. The number of likely N-dealkylation sites (tertiary alicyclic amines) is 1. The number of amides is 1. The van der Waals surface area contributed by atoms with Gasteiger partial charge in [0.15, 0.2) is 6.10 Å². The molecule has 16 heteroatoms. The van der Waals surface area contributed by atoms with Crippen molar-refractivity contribution in [2.75, 3.05) is 19.3 Å². The molecule has 5 rings (SSSR count). The van der Waals surface area contributed by atoms with Crippen molar-refractivity contribution >= 4 is 33.1 Å². The van der Waals surface area contributed by atoms with E-state index in [4.69, 9.17) is 14.0 Å². The Morgan fingerprint density at radius 2 is 1.90 bits per heavy atom. The molecule has 4 heterocycles. The highest BCUT2D eigenvalue weighted by Crippen LogP contribution is 2.37. The molecule has 0 aliphatic carbocycles. The number of thiazole rings is 1. The number of para-hydroxylation sites is 1. The van der Waals surface area contributed by atoms with Gasteiger partial charge in [-0.15, -0.1) is 11.3 Å². The number of carbonyl (C=O) groups excluding carboxylic acids is 1. The van der Waals surface area contributed by atoms with Crippen LogP contribution in [-0.4, -0.2) is 59.0 Å². The van der Waals surface area contributed by atoms with E-state index in [9.17, 15) is 30.8 Å². The number of carbonyl (C=O) groups is 1. The molecule has 220 valence electrons. The maximum Gasteiger partial charge on any atom is 0.306 e. The quantitative estimate of drug-likeness (QED) is 0.250. The van der Waals surface area contributed by atoms with Crippen LogP contribution in [0.2, 0.25) is 0 Å². The Kier molecular flexibility index (Phi) is 8.31. The number of halogens is 4. The molecule has 1 amide bonds. The predicted octanol–water partition coefficient (Wildman–Crippen LogP) is 4.83. The van der Waals surface area contributed by atoms with Crippen molar-refractivity contribution in [3.05, 3.63) is 63.4 Å². The molecular formula is C25H25F4N5O5S2. The van der Waals surface area contributed by atoms with E-state index < -0.39 is 52.9 Å². The largest absolute Gasteiger partial charge is 0.387 e. The molecule has 1 saturated heterocycles. The number of rotatable bonds is 9. The minimum Gasteiger partial charge on any atom is -0.387 e. The lowest BCUT2D eigenvalue weighted by Crippen LogP contribution is -2.40. The second-order valence-corrected chi connectivity index (χ2v) is 12.1. The van der Waals surface area contributed by atoms with Crippen molar-refractivity contribution in [1.29, 1.82) is 0 Å². The molecule has 0 N–H and O–H groups in total. The maximum atomic E-state index is 13.3. The molecule has 10 nitrogen and oxygen atoms in total. The smallest absolute Gasteiger partial charge is 0.306 e. The van der Waals surface area contributed by atoms with E-state index in [1.54, 1.807) is 24.3 Å². The molecule has 0 radical (unpaired) electrons. The van der Waals surface area contributed by atoms with Crippen molar-refractivity contribution < 1.29 is 39.8 Å². The number of benzene rings is 1. The topological polar surface area (TPSA) is 116 Å². The van der Waals surface area contributed by atoms with Gasteiger partial charge in [0, 0.05) is 36.4 Å². The van der Waals surface area contributed by atoms with Crippen LogP contribution >= 0.6 is 11.3 Å². The van der Waals surface area contributed by atoms with E-state index in [0.29, 0.717) is 60.1 Å². The summed E-state index contributed by atoms with van der Waals surface area (Å²) >= 11 is 1.45. The number of piperidine rings is 1. The molecule has 1 fully saturated rings. The van der Waals surface area contributed by atoms with Crippen LogP contribution in [0.1, 0.15) is 71.8 Å². The Hall–Kier alpha value is -3.53. The first-order valence-electron chi connectivity index (χ1n) is 12.6. The van der Waals surface area contributed by atoms with Gasteiger partial charge < -0.3 is 13.9 Å². The Labute approximate surface area is 236 Å². The molecule has 0 unspecified atom stereocenters. The van der Waals surface area contributed by atoms with E-state index in [2.05, 4.69) is 10.3 Å². The molecule has 0 spiro atoms. The van der Waals surface area contributed by atoms with Crippen LogP contribution in [0, 0.1) is 0 Å². The third-order valence-corrected chi connectivity index (χ3v) is 8.24. The van der Waals surface area contributed by atoms with Crippen molar-refractivity contribution in [3.63, 3.8) is 0 Å². The number of hydrogen-bond donors (Lipinski definition) is 0. The summed E-state index contributed by atoms with van der Waals surface area (Å²) in [5.41, 5.74) is 0.287. The van der Waals surface area contributed by atoms with Gasteiger partial charge >= 0.3 is 10.1 Å². The van der Waals surface area contributed by atoms with Gasteiger partial charge in [-0.2, -0.15) is 13.5 Å². The average molecular weight is 616 g/mol. The second kappa shape index (κ2) is 11.8. The van der Waals surface area contributed by atoms with Gasteiger partial charge in [0.1, 0.15) is 29.4 Å². The number of alkyl halides is 4. The number of nitrogens with zero attached hydrogens (tertiary/aromatic N) is 5. The Balaban J connectivity index is 1.18. The number of oxime groups is 1. The van der Waals surface area contributed by atoms with E-state index in [0.717, 1.165) is 11.3 Å². The Morgan fingerprint density at radius 1 is 1.17 bits per heavy atom. The normalized spacial score (nSPS) is 18.2. The Morgan fingerprint density at radius 3 is 2.59 bits per heavy atom. The molecule has 1 aromatic carbocycles. The molecule has 3 aromatic rings. The fourth-order valence-electron chi connectivity index (χ4n) is 4.75. The Bertz CT molecular complexity index is 1550. The first-order valence-corrected chi connectivity index (χ1v) is 15.3. The molecule has 2 aromatic heterocycles. The fraction of sp³-hybridized carbons (Fsp3) is 0.440. The van der Waals surface area contributed by atoms with E-state index >= 15 is 0 Å². The highest BCUT2D eigenvalue weighted by atomic mass is 32.2. The van der Waals surface area contributed by atoms with Crippen LogP contribution in [0.25, 0.3) is 0 Å². The zero-order valence-corrected chi connectivity index (χ0v) is 23.3. The lowest BCUT2D eigenvalue weighted by atomic mass is 9.97. The summed E-state index contributed by atoms with van der Waals surface area (Å²) in [4.78, 5) is 24.6. The van der Waals surface area contributed by atoms with Crippen LogP contribution in [0.15, 0.2) is 40.9 Å². The minimum atomic E-state index is -3.73. The van der Waals surface area contributed by atoms with Gasteiger partial charge in [-0.3, -0.25) is 9.48 Å². The summed E-state index contributed by atoms with van der Waals surface area (Å²) in [5, 5.41) is 10.4. The van der Waals surface area contributed by atoms with Crippen molar-refractivity contribution in [2.24, 2.45) is 5.16 Å². The molecular weight excluding hydrogens is 590 g/mol. The number of hydrogen-bond acceptors (Lipinski definition) is 9. The van der Waals surface area contributed by atoms with Crippen LogP contribution in [-0.2, 0) is 26.3 Å². The third kappa shape index (κ3) is 6.69. The summed E-state index contributed by atoms with van der Waals surface area (Å²) in [6.07, 6.45) is -4.09. The summed E-state index contributed by atoms with van der Waals surface area (Å²) in [6.45, 7) is 0.168. The second-order valence-electron chi connectivity index (χ2n) is 9.64. The van der Waals surface area contributed by atoms with Crippen molar-refractivity contribution in [3.8, 4) is 5.75 Å². The third-order valence-electron chi connectivity index (χ3n) is 6.75. The standard InChI is InChI=1S/C25H25F4N5O5S2/c1-41(36,37)39-20-5-3-2-4-15(20)21-11-16(32-38-21)18-13-40-25(30-18)14-6-8-33(9-7-14)22(35)12-34-19(24(28)29)10-17(31-34)23(26)27/h2-5,10,13-14,21,23-24H,6-9,11-12H2,1H3/t21-/m1/s1. The van der Waals surface area contributed by atoms with Crippen LogP contribution in [0.4, 0.5) is 17.6 Å². The van der Waals surface area contributed by atoms with E-state index in [1.165, 1.54) is 16.2 Å². The zero-order valence-electron chi connectivity index (χ0n) is 21.6. The summed E-state index contributed by atoms with van der Waals surface area (Å²) < 4.78 is 81.4. The average Bonchev–Trinajstić information content (AvgIpc) is 3.68. The molecule has 1 atom stereocenters. The van der Waals surface area contributed by atoms with E-state index in [1.807, 2.05) is 5.38 Å². The fourth-order valence-corrected chi connectivity index (χ4v) is 6.23. The lowest BCUT2D eigenvalue weighted by Gasteiger charge is -2.31. The summed E-state index contributed by atoms with van der Waals surface area (Å²) in [7, 11) is -3.73. The van der Waals surface area contributed by atoms with Gasteiger partial charge in [-0.05, 0) is 25.0 Å². The van der Waals surface area contributed by atoms with Gasteiger partial charge in [0.2, 0.25) is 5.91 Å². The zero-order chi connectivity index (χ0) is 29.3. The molecule has 2 aliphatic rings. The van der Waals surface area contributed by atoms with Crippen molar-refractivity contribution in [2.45, 2.75) is 50.7 Å². The van der Waals surface area contributed by atoms with Crippen LogP contribution in [0.5, 0.6) is 5.75 Å². The molecule has 0 bridgehead atoms. The van der Waals surface area contributed by atoms with Gasteiger partial charge in [-0.25, -0.2) is 22.5 Å². The maximum absolute atomic E-state index is 13.3. The van der Waals surface area contributed by atoms with Crippen molar-refractivity contribution in [1.82, 2.24) is 19.7 Å². The minimum absolute atomic E-state index is 0.0622. The number of aromatic nitrogens is 3. The monoisotopic (exact) mass is 615 g/mol. The van der Waals surface area contributed by atoms with Gasteiger partial charge in [0.05, 0.1) is 17.0 Å². The van der Waals surface area contributed by atoms with Crippen LogP contribution < -0.4 is 4.18 Å². The summed E-state index contributed by atoms with van der Waals surface area (Å²) in [5.74, 6) is -0.242. The molecule has 2 aliphatic heterocycles. The predicted molar refractivity (Wildman–Crippen MR) is 140 cm³/mol. The highest BCUT2D eigenvalue weighted by Gasteiger charge is 2.31. The molecule has 41 heavy (non-hydrogen) atoms. The molecule has 0 saturated carbocycles. The van der Waals surface area contributed by atoms with Gasteiger partial charge in [-0.1, -0.05) is 23.4 Å². The first kappa shape index (κ1) is 29.0. The lowest BCUT2D eigenvalue weighted by molar-refractivity contribution is -0.133. The van der Waals surface area contributed by atoms with Crippen LogP contribution in [0.3, 0.4) is 0 Å². The highest BCUT2D eigenvalue weighted by molar-refractivity contribution is 7.86. The van der Waals surface area contributed by atoms with E-state index in [-0.39, 0.29) is 11.7 Å². The van der Waals surface area contributed by atoms with Gasteiger partial charge in [0.25, 0.3) is 12.9 Å². The summed E-state index contributed by atoms with van der Waals surface area (Å²) in [6, 6.07) is 7.29.